The summed E-state index contributed by atoms with van der Waals surface area (Å²) in [5.41, 5.74) is 8.20. The van der Waals surface area contributed by atoms with Gasteiger partial charge in [0.05, 0.1) is 5.69 Å². The molecule has 0 aliphatic rings. The third-order valence-corrected chi connectivity index (χ3v) is 12.1. The van der Waals surface area contributed by atoms with Crippen molar-refractivity contribution < 1.29 is 0 Å². The van der Waals surface area contributed by atoms with E-state index in [2.05, 4.69) is 205 Å². The Hall–Kier alpha value is -6.74. The molecule has 1 nitrogen and oxygen atoms in total. The van der Waals surface area contributed by atoms with Crippen LogP contribution in [0.15, 0.2) is 200 Å². The van der Waals surface area contributed by atoms with Crippen LogP contribution in [0.3, 0.4) is 0 Å². The second kappa shape index (κ2) is 12.4. The third-order valence-electron chi connectivity index (χ3n) is 11.0. The van der Waals surface area contributed by atoms with E-state index in [-0.39, 0.29) is 0 Å². The number of hydrogen-bond donors (Lipinski definition) is 0. The molecule has 11 aromatic rings. The SMILES string of the molecule is c1ccc(-c2cccc(N(c3ccc(-c4ccc5ccc6c7ccccc7ccc6c5c4)cc3)c3cccc4cc5sc6ccccc6c5cc34)c2)cc1. The van der Waals surface area contributed by atoms with Gasteiger partial charge in [0.25, 0.3) is 0 Å². The molecule has 11 rings (SSSR count). The van der Waals surface area contributed by atoms with Crippen molar-refractivity contribution >= 4 is 91.7 Å². The van der Waals surface area contributed by atoms with E-state index in [1.54, 1.807) is 0 Å². The fraction of sp³-hybridized carbons (Fsp3) is 0. The quantitative estimate of drug-likeness (QED) is 0.161. The van der Waals surface area contributed by atoms with Crippen LogP contribution in [0.2, 0.25) is 0 Å². The summed E-state index contributed by atoms with van der Waals surface area (Å²) in [5.74, 6) is 0. The largest absolute Gasteiger partial charge is 0.310 e. The van der Waals surface area contributed by atoms with E-state index in [1.165, 1.54) is 85.5 Å². The van der Waals surface area contributed by atoms with Gasteiger partial charge in [-0.05, 0) is 115 Å². The van der Waals surface area contributed by atoms with Gasteiger partial charge in [0, 0.05) is 36.9 Å². The molecule has 0 saturated carbocycles. The van der Waals surface area contributed by atoms with Crippen LogP contribution >= 0.6 is 11.3 Å². The third kappa shape index (κ3) is 5.07. The second-order valence-corrected chi connectivity index (χ2v) is 15.2. The topological polar surface area (TPSA) is 3.24 Å². The van der Waals surface area contributed by atoms with Gasteiger partial charge in [-0.25, -0.2) is 0 Å². The molecule has 0 radical (unpaired) electrons. The van der Waals surface area contributed by atoms with E-state index in [1.807, 2.05) is 11.3 Å². The minimum atomic E-state index is 1.12. The zero-order valence-electron chi connectivity index (χ0n) is 29.4. The molecular weight excluding hydrogens is 671 g/mol. The Morgan fingerprint density at radius 2 is 0.907 bits per heavy atom. The molecule has 252 valence electrons. The van der Waals surface area contributed by atoms with E-state index in [9.17, 15) is 0 Å². The van der Waals surface area contributed by atoms with Gasteiger partial charge in [-0.15, -0.1) is 11.3 Å². The van der Waals surface area contributed by atoms with Gasteiger partial charge < -0.3 is 4.90 Å². The number of thiophene rings is 1. The van der Waals surface area contributed by atoms with Crippen molar-refractivity contribution in [2.24, 2.45) is 0 Å². The van der Waals surface area contributed by atoms with Crippen LogP contribution in [0.4, 0.5) is 17.1 Å². The highest BCUT2D eigenvalue weighted by molar-refractivity contribution is 7.25. The molecular formula is C52H33NS. The number of hydrogen-bond acceptors (Lipinski definition) is 2. The first-order valence-electron chi connectivity index (χ1n) is 18.5. The average molecular weight is 704 g/mol. The zero-order valence-corrected chi connectivity index (χ0v) is 30.2. The minimum absolute atomic E-state index is 1.12. The minimum Gasteiger partial charge on any atom is -0.310 e. The molecule has 0 amide bonds. The zero-order chi connectivity index (χ0) is 35.6. The maximum atomic E-state index is 2.43. The predicted molar refractivity (Wildman–Crippen MR) is 235 cm³/mol. The molecule has 0 unspecified atom stereocenters. The van der Waals surface area contributed by atoms with Crippen LogP contribution in [0.5, 0.6) is 0 Å². The summed E-state index contributed by atoms with van der Waals surface area (Å²) in [6.07, 6.45) is 0. The van der Waals surface area contributed by atoms with Crippen LogP contribution in [0.25, 0.3) is 85.5 Å². The fourth-order valence-corrected chi connectivity index (χ4v) is 9.49. The van der Waals surface area contributed by atoms with Gasteiger partial charge in [-0.1, -0.05) is 146 Å². The summed E-state index contributed by atoms with van der Waals surface area (Å²) in [6, 6.07) is 73.6. The lowest BCUT2D eigenvalue weighted by atomic mass is 9.94. The normalized spacial score (nSPS) is 11.7. The summed E-state index contributed by atoms with van der Waals surface area (Å²) in [4.78, 5) is 2.43. The Balaban J connectivity index is 1.07. The predicted octanol–water partition coefficient (Wildman–Crippen LogP) is 15.5. The van der Waals surface area contributed by atoms with Gasteiger partial charge in [-0.2, -0.15) is 0 Å². The lowest BCUT2D eigenvalue weighted by molar-refractivity contribution is 1.30. The van der Waals surface area contributed by atoms with E-state index < -0.39 is 0 Å². The Labute approximate surface area is 317 Å². The summed E-state index contributed by atoms with van der Waals surface area (Å²) in [7, 11) is 0. The Kier molecular flexibility index (Phi) is 7.11. The van der Waals surface area contributed by atoms with E-state index in [0.717, 1.165) is 17.1 Å². The molecule has 1 heterocycles. The van der Waals surface area contributed by atoms with Crippen molar-refractivity contribution in [3.63, 3.8) is 0 Å². The highest BCUT2D eigenvalue weighted by Crippen LogP contribution is 2.44. The first-order valence-corrected chi connectivity index (χ1v) is 19.3. The Bertz CT molecular complexity index is 3210. The van der Waals surface area contributed by atoms with Gasteiger partial charge in [0.1, 0.15) is 0 Å². The number of benzene rings is 10. The van der Waals surface area contributed by atoms with Gasteiger partial charge in [0.15, 0.2) is 0 Å². The molecule has 0 bridgehead atoms. The number of rotatable bonds is 5. The maximum absolute atomic E-state index is 2.43. The lowest BCUT2D eigenvalue weighted by Crippen LogP contribution is -2.10. The smallest absolute Gasteiger partial charge is 0.0540 e. The van der Waals surface area contributed by atoms with Crippen molar-refractivity contribution in [3.05, 3.63) is 200 Å². The van der Waals surface area contributed by atoms with E-state index >= 15 is 0 Å². The van der Waals surface area contributed by atoms with Crippen LogP contribution in [-0.2, 0) is 0 Å². The lowest BCUT2D eigenvalue weighted by Gasteiger charge is -2.27. The highest BCUT2D eigenvalue weighted by Gasteiger charge is 2.18. The molecule has 0 atom stereocenters. The monoisotopic (exact) mass is 703 g/mol. The highest BCUT2D eigenvalue weighted by atomic mass is 32.1. The molecule has 0 N–H and O–H groups in total. The van der Waals surface area contributed by atoms with Crippen molar-refractivity contribution in [1.82, 2.24) is 0 Å². The number of nitrogens with zero attached hydrogens (tertiary/aromatic N) is 1. The molecule has 2 heteroatoms. The van der Waals surface area contributed by atoms with Crippen molar-refractivity contribution in [2.45, 2.75) is 0 Å². The standard InChI is InChI=1S/C52H33NS/c1-2-10-34(11-3-1)38-13-8-15-42(30-38)53(50-18-9-14-40-32-52-49(33-48(40)50)46-17-6-7-19-51(46)54-52)41-26-22-35(23-27-41)39-21-20-37-25-28-44-43-16-5-4-12-36(43)24-29-45(44)47(37)31-39/h1-33H. The fourth-order valence-electron chi connectivity index (χ4n) is 8.36. The van der Waals surface area contributed by atoms with Gasteiger partial charge >= 0.3 is 0 Å². The van der Waals surface area contributed by atoms with Gasteiger partial charge in [-0.3, -0.25) is 0 Å². The Morgan fingerprint density at radius 3 is 1.78 bits per heavy atom. The molecule has 10 aromatic carbocycles. The summed E-state index contributed by atoms with van der Waals surface area (Å²) in [5, 5.41) is 12.8. The molecule has 0 spiro atoms. The summed E-state index contributed by atoms with van der Waals surface area (Å²) in [6.45, 7) is 0. The maximum Gasteiger partial charge on any atom is 0.0540 e. The average Bonchev–Trinajstić information content (AvgIpc) is 3.61. The van der Waals surface area contributed by atoms with Crippen LogP contribution in [0.1, 0.15) is 0 Å². The molecule has 0 fully saturated rings. The van der Waals surface area contributed by atoms with Crippen LogP contribution in [0, 0.1) is 0 Å². The number of anilines is 3. The van der Waals surface area contributed by atoms with E-state index in [4.69, 9.17) is 0 Å². The van der Waals surface area contributed by atoms with Crippen molar-refractivity contribution in [3.8, 4) is 22.3 Å². The molecule has 0 aliphatic carbocycles. The van der Waals surface area contributed by atoms with Crippen molar-refractivity contribution in [1.29, 1.82) is 0 Å². The number of fused-ring (bicyclic) bond motifs is 9. The molecule has 0 aliphatic heterocycles. The second-order valence-electron chi connectivity index (χ2n) is 14.1. The first-order chi connectivity index (χ1) is 26.7. The summed E-state index contributed by atoms with van der Waals surface area (Å²) < 4.78 is 2.64. The van der Waals surface area contributed by atoms with Crippen LogP contribution in [-0.4, -0.2) is 0 Å². The van der Waals surface area contributed by atoms with Crippen LogP contribution < -0.4 is 4.90 Å². The van der Waals surface area contributed by atoms with Crippen molar-refractivity contribution in [2.75, 3.05) is 4.90 Å². The molecule has 54 heavy (non-hydrogen) atoms. The van der Waals surface area contributed by atoms with E-state index in [0.29, 0.717) is 0 Å². The van der Waals surface area contributed by atoms with Gasteiger partial charge in [0.2, 0.25) is 0 Å². The first kappa shape index (κ1) is 30.8. The molecule has 0 saturated heterocycles. The summed E-state index contributed by atoms with van der Waals surface area (Å²) >= 11 is 1.87. The molecule has 1 aromatic heterocycles. The Morgan fingerprint density at radius 1 is 0.278 bits per heavy atom.